The third-order valence-electron chi connectivity index (χ3n) is 2.82. The van der Waals surface area contributed by atoms with Gasteiger partial charge in [-0.2, -0.15) is 13.2 Å². The highest BCUT2D eigenvalue weighted by Gasteiger charge is 2.30. The summed E-state index contributed by atoms with van der Waals surface area (Å²) in [6.07, 6.45) is -4.28. The van der Waals surface area contributed by atoms with Crippen LogP contribution in [0.25, 0.3) is 0 Å². The van der Waals surface area contributed by atoms with E-state index in [9.17, 15) is 13.2 Å². The van der Waals surface area contributed by atoms with E-state index in [-0.39, 0.29) is 0 Å². The summed E-state index contributed by atoms with van der Waals surface area (Å²) in [5, 5.41) is 0. The first-order chi connectivity index (χ1) is 8.88. The van der Waals surface area contributed by atoms with Crippen LogP contribution in [-0.4, -0.2) is 0 Å². The number of alkyl halides is 3. The summed E-state index contributed by atoms with van der Waals surface area (Å²) in [6.45, 7) is 3.69. The molecule has 0 atom stereocenters. The second-order valence-electron chi connectivity index (χ2n) is 4.35. The van der Waals surface area contributed by atoms with Gasteiger partial charge in [-0.25, -0.2) is 0 Å². The van der Waals surface area contributed by atoms with Crippen LogP contribution in [0.1, 0.15) is 16.7 Å². The molecule has 0 N–H and O–H groups in total. The van der Waals surface area contributed by atoms with E-state index in [4.69, 9.17) is 0 Å². The zero-order chi connectivity index (χ0) is 14.0. The van der Waals surface area contributed by atoms with Crippen LogP contribution >= 0.6 is 11.8 Å². The first-order valence-corrected chi connectivity index (χ1v) is 6.61. The zero-order valence-corrected chi connectivity index (χ0v) is 11.4. The summed E-state index contributed by atoms with van der Waals surface area (Å²) in [7, 11) is 0. The van der Waals surface area contributed by atoms with Crippen LogP contribution in [-0.2, 0) is 6.18 Å². The number of hydrogen-bond acceptors (Lipinski definition) is 1. The Morgan fingerprint density at radius 3 is 2.05 bits per heavy atom. The number of rotatable bonds is 2. The molecular weight excluding hydrogens is 269 g/mol. The average molecular weight is 282 g/mol. The minimum Gasteiger partial charge on any atom is -0.166 e. The molecule has 2 aromatic rings. The van der Waals surface area contributed by atoms with Crippen LogP contribution in [0.5, 0.6) is 0 Å². The number of hydrogen-bond donors (Lipinski definition) is 0. The molecule has 4 heteroatoms. The van der Waals surface area contributed by atoms with Gasteiger partial charge in [0.25, 0.3) is 0 Å². The number of benzene rings is 2. The van der Waals surface area contributed by atoms with Crippen molar-refractivity contribution in [1.82, 2.24) is 0 Å². The normalized spacial score (nSPS) is 11.6. The van der Waals surface area contributed by atoms with E-state index in [0.717, 1.165) is 21.4 Å². The van der Waals surface area contributed by atoms with Gasteiger partial charge in [0.2, 0.25) is 0 Å². The van der Waals surface area contributed by atoms with E-state index >= 15 is 0 Å². The third-order valence-corrected chi connectivity index (χ3v) is 4.17. The summed E-state index contributed by atoms with van der Waals surface area (Å²) < 4.78 is 37.8. The molecule has 0 heterocycles. The highest BCUT2D eigenvalue weighted by Crippen LogP contribution is 2.36. The van der Waals surface area contributed by atoms with Gasteiger partial charge >= 0.3 is 6.18 Å². The third kappa shape index (κ3) is 3.32. The van der Waals surface area contributed by atoms with E-state index in [1.165, 1.54) is 23.9 Å². The van der Waals surface area contributed by atoms with Crippen LogP contribution in [0, 0.1) is 13.8 Å². The molecule has 0 bridgehead atoms. The van der Waals surface area contributed by atoms with Gasteiger partial charge in [0.05, 0.1) is 5.56 Å². The van der Waals surface area contributed by atoms with Crippen molar-refractivity contribution in [3.8, 4) is 0 Å². The van der Waals surface area contributed by atoms with E-state index in [1.807, 2.05) is 31.2 Å². The van der Waals surface area contributed by atoms with Crippen LogP contribution in [0.2, 0.25) is 0 Å². The van der Waals surface area contributed by atoms with Crippen molar-refractivity contribution in [3.63, 3.8) is 0 Å². The molecule has 0 unspecified atom stereocenters. The fourth-order valence-corrected chi connectivity index (χ4v) is 2.70. The summed E-state index contributed by atoms with van der Waals surface area (Å²) in [5.41, 5.74) is 1.16. The average Bonchev–Trinajstić information content (AvgIpc) is 2.33. The molecule has 0 aliphatic rings. The van der Waals surface area contributed by atoms with Crippen molar-refractivity contribution in [2.24, 2.45) is 0 Å². The van der Waals surface area contributed by atoms with Crippen LogP contribution < -0.4 is 0 Å². The van der Waals surface area contributed by atoms with E-state index in [1.54, 1.807) is 6.92 Å². The standard InChI is InChI=1S/C15H13F3S/c1-10-5-3-4-6-13(10)19-14-8-7-12(9-11(14)2)15(16,17)18/h3-9H,1-2H3. The molecule has 0 amide bonds. The largest absolute Gasteiger partial charge is 0.416 e. The molecule has 0 aromatic heterocycles. The lowest BCUT2D eigenvalue weighted by atomic mass is 10.1. The molecule has 0 fully saturated rings. The second-order valence-corrected chi connectivity index (χ2v) is 5.43. The van der Waals surface area contributed by atoms with Gasteiger partial charge in [-0.3, -0.25) is 0 Å². The van der Waals surface area contributed by atoms with Crippen LogP contribution in [0.3, 0.4) is 0 Å². The maximum absolute atomic E-state index is 12.6. The first-order valence-electron chi connectivity index (χ1n) is 5.79. The van der Waals surface area contributed by atoms with Gasteiger partial charge in [-0.1, -0.05) is 30.0 Å². The van der Waals surface area contributed by atoms with Gasteiger partial charge in [0, 0.05) is 9.79 Å². The van der Waals surface area contributed by atoms with Crippen LogP contribution in [0.4, 0.5) is 13.2 Å². The molecule has 0 aliphatic heterocycles. The minimum absolute atomic E-state index is 0.598. The lowest BCUT2D eigenvalue weighted by molar-refractivity contribution is -0.137. The molecule has 0 saturated carbocycles. The SMILES string of the molecule is Cc1ccccc1Sc1ccc(C(F)(F)F)cc1C. The molecule has 2 rings (SSSR count). The fourth-order valence-electron chi connectivity index (χ4n) is 1.73. The second kappa shape index (κ2) is 5.29. The van der Waals surface area contributed by atoms with E-state index in [2.05, 4.69) is 0 Å². The monoisotopic (exact) mass is 282 g/mol. The quantitative estimate of drug-likeness (QED) is 0.703. The Morgan fingerprint density at radius 1 is 0.842 bits per heavy atom. The number of aryl methyl sites for hydroxylation is 2. The van der Waals surface area contributed by atoms with Crippen LogP contribution in [0.15, 0.2) is 52.3 Å². The summed E-state index contributed by atoms with van der Waals surface area (Å²) >= 11 is 1.49. The van der Waals surface area contributed by atoms with Gasteiger partial charge in [0.15, 0.2) is 0 Å². The summed E-state index contributed by atoms with van der Waals surface area (Å²) in [4.78, 5) is 1.91. The van der Waals surface area contributed by atoms with Gasteiger partial charge < -0.3 is 0 Å². The Bertz CT molecular complexity index is 588. The van der Waals surface area contributed by atoms with Crippen molar-refractivity contribution in [1.29, 1.82) is 0 Å². The Morgan fingerprint density at radius 2 is 1.47 bits per heavy atom. The van der Waals surface area contributed by atoms with Gasteiger partial charge in [-0.05, 0) is 49.2 Å². The maximum atomic E-state index is 12.6. The molecule has 0 aliphatic carbocycles. The predicted octanol–water partition coefficient (Wildman–Crippen LogP) is 5.47. The molecule has 0 spiro atoms. The zero-order valence-electron chi connectivity index (χ0n) is 10.6. The molecule has 19 heavy (non-hydrogen) atoms. The van der Waals surface area contributed by atoms with Gasteiger partial charge in [-0.15, -0.1) is 0 Å². The predicted molar refractivity (Wildman–Crippen MR) is 71.5 cm³/mol. The summed E-state index contributed by atoms with van der Waals surface area (Å²) in [6, 6.07) is 11.7. The highest BCUT2D eigenvalue weighted by molar-refractivity contribution is 7.99. The first kappa shape index (κ1) is 14.0. The van der Waals surface area contributed by atoms with Crippen molar-refractivity contribution in [3.05, 3.63) is 59.2 Å². The lowest BCUT2D eigenvalue weighted by Crippen LogP contribution is -2.05. The molecule has 0 nitrogen and oxygen atoms in total. The van der Waals surface area contributed by atoms with E-state index < -0.39 is 11.7 Å². The molecule has 2 aromatic carbocycles. The molecule has 100 valence electrons. The van der Waals surface area contributed by atoms with Gasteiger partial charge in [0.1, 0.15) is 0 Å². The van der Waals surface area contributed by atoms with Crippen molar-refractivity contribution in [2.45, 2.75) is 29.8 Å². The Labute approximate surface area is 114 Å². The van der Waals surface area contributed by atoms with E-state index in [0.29, 0.717) is 5.56 Å². The highest BCUT2D eigenvalue weighted by atomic mass is 32.2. The van der Waals surface area contributed by atoms with Crippen molar-refractivity contribution >= 4 is 11.8 Å². The topological polar surface area (TPSA) is 0 Å². The smallest absolute Gasteiger partial charge is 0.166 e. The molecular formula is C15H13F3S. The fraction of sp³-hybridized carbons (Fsp3) is 0.200. The maximum Gasteiger partial charge on any atom is 0.416 e. The minimum atomic E-state index is -4.28. The Kier molecular flexibility index (Phi) is 3.90. The number of halogens is 3. The van der Waals surface area contributed by atoms with Crippen molar-refractivity contribution in [2.75, 3.05) is 0 Å². The Balaban J connectivity index is 2.30. The molecule has 0 radical (unpaired) electrons. The summed E-state index contributed by atoms with van der Waals surface area (Å²) in [5.74, 6) is 0. The molecule has 0 saturated heterocycles. The Hall–Kier alpha value is -1.42. The van der Waals surface area contributed by atoms with Crippen molar-refractivity contribution < 1.29 is 13.2 Å². The lowest BCUT2D eigenvalue weighted by Gasteiger charge is -2.11.